The molecule has 0 atom stereocenters. The number of aryl methyl sites for hydroxylation is 1. The average molecular weight is 354 g/mol. The van der Waals surface area contributed by atoms with Crippen molar-refractivity contribution in [2.75, 3.05) is 16.8 Å². The van der Waals surface area contributed by atoms with Gasteiger partial charge in [0.25, 0.3) is 0 Å². The van der Waals surface area contributed by atoms with Crippen LogP contribution in [0.5, 0.6) is 0 Å². The van der Waals surface area contributed by atoms with Gasteiger partial charge in [0.1, 0.15) is 5.82 Å². The first kappa shape index (κ1) is 17.0. The molecule has 3 aromatic rings. The summed E-state index contributed by atoms with van der Waals surface area (Å²) >= 11 is 6.34. The third-order valence-corrected chi connectivity index (χ3v) is 4.27. The molecule has 0 saturated carbocycles. The molecule has 128 valence electrons. The highest BCUT2D eigenvalue weighted by atomic mass is 35.5. The van der Waals surface area contributed by atoms with E-state index >= 15 is 0 Å². The number of nitrogens with two attached hydrogens (primary N) is 2. The summed E-state index contributed by atoms with van der Waals surface area (Å²) in [5.41, 5.74) is 16.4. The predicted molar refractivity (Wildman–Crippen MR) is 104 cm³/mol. The van der Waals surface area contributed by atoms with E-state index in [1.165, 1.54) is 5.56 Å². The number of hydrogen-bond donors (Lipinski definition) is 3. The lowest BCUT2D eigenvalue weighted by Crippen LogP contribution is -2.06. The zero-order valence-corrected chi connectivity index (χ0v) is 14.7. The molecule has 0 fully saturated rings. The first-order valence-corrected chi connectivity index (χ1v) is 8.46. The van der Waals surface area contributed by atoms with Gasteiger partial charge >= 0.3 is 0 Å². The number of nitrogen functional groups attached to an aromatic ring is 2. The van der Waals surface area contributed by atoms with Crippen molar-refractivity contribution in [2.24, 2.45) is 0 Å². The molecule has 0 aliphatic rings. The molecule has 0 saturated heterocycles. The van der Waals surface area contributed by atoms with Crippen molar-refractivity contribution in [3.8, 4) is 11.1 Å². The fourth-order valence-electron chi connectivity index (χ4n) is 2.73. The summed E-state index contributed by atoms with van der Waals surface area (Å²) in [6.07, 6.45) is 0.710. The molecule has 0 aliphatic carbocycles. The second kappa shape index (κ2) is 7.40. The van der Waals surface area contributed by atoms with Crippen molar-refractivity contribution in [2.45, 2.75) is 19.9 Å². The van der Waals surface area contributed by atoms with Crippen molar-refractivity contribution in [3.05, 3.63) is 64.8 Å². The van der Waals surface area contributed by atoms with Gasteiger partial charge in [0.15, 0.2) is 0 Å². The second-order valence-corrected chi connectivity index (χ2v) is 6.08. The highest BCUT2D eigenvalue weighted by Gasteiger charge is 2.14. The van der Waals surface area contributed by atoms with Crippen LogP contribution < -0.4 is 16.8 Å². The SMILES string of the molecule is CCc1nc(N)nc(N)c1-c1ccc(Cl)c(NCc2ccccc2)c1. The largest absolute Gasteiger partial charge is 0.383 e. The molecule has 0 radical (unpaired) electrons. The van der Waals surface area contributed by atoms with Crippen LogP contribution in [0.3, 0.4) is 0 Å². The number of nitrogens with zero attached hydrogens (tertiary/aromatic N) is 2. The predicted octanol–water partition coefficient (Wildman–Crippen LogP) is 4.14. The van der Waals surface area contributed by atoms with Crippen LogP contribution in [0.25, 0.3) is 11.1 Å². The van der Waals surface area contributed by atoms with Gasteiger partial charge in [-0.1, -0.05) is 54.9 Å². The Morgan fingerprint density at radius 2 is 1.80 bits per heavy atom. The van der Waals surface area contributed by atoms with Crippen LogP contribution in [-0.4, -0.2) is 9.97 Å². The van der Waals surface area contributed by atoms with Crippen molar-refractivity contribution in [3.63, 3.8) is 0 Å². The first-order chi connectivity index (χ1) is 12.1. The minimum Gasteiger partial charge on any atom is -0.383 e. The maximum absolute atomic E-state index is 6.34. The zero-order chi connectivity index (χ0) is 17.8. The molecule has 0 unspecified atom stereocenters. The van der Waals surface area contributed by atoms with E-state index in [-0.39, 0.29) is 5.95 Å². The average Bonchev–Trinajstić information content (AvgIpc) is 2.61. The van der Waals surface area contributed by atoms with Crippen LogP contribution in [0.4, 0.5) is 17.5 Å². The number of anilines is 3. The molecule has 1 aromatic heterocycles. The van der Waals surface area contributed by atoms with Crippen molar-refractivity contribution in [1.82, 2.24) is 9.97 Å². The molecule has 5 N–H and O–H groups in total. The number of aromatic nitrogens is 2. The maximum Gasteiger partial charge on any atom is 0.222 e. The van der Waals surface area contributed by atoms with Crippen molar-refractivity contribution in [1.29, 1.82) is 0 Å². The Kier molecular flexibility index (Phi) is 5.05. The van der Waals surface area contributed by atoms with E-state index in [0.717, 1.165) is 22.5 Å². The number of rotatable bonds is 5. The van der Waals surface area contributed by atoms with Gasteiger partial charge in [-0.25, -0.2) is 4.98 Å². The van der Waals surface area contributed by atoms with Gasteiger partial charge in [-0.2, -0.15) is 4.98 Å². The monoisotopic (exact) mass is 353 g/mol. The minimum atomic E-state index is 0.189. The van der Waals surface area contributed by atoms with E-state index in [1.807, 2.05) is 43.3 Å². The summed E-state index contributed by atoms with van der Waals surface area (Å²) in [4.78, 5) is 8.40. The molecule has 0 aliphatic heterocycles. The molecule has 0 amide bonds. The molecule has 2 aromatic carbocycles. The highest BCUT2D eigenvalue weighted by molar-refractivity contribution is 6.33. The van der Waals surface area contributed by atoms with Gasteiger partial charge in [0.05, 0.1) is 16.4 Å². The van der Waals surface area contributed by atoms with E-state index in [0.29, 0.717) is 23.8 Å². The van der Waals surface area contributed by atoms with Crippen LogP contribution in [0.1, 0.15) is 18.2 Å². The molecule has 3 rings (SSSR count). The molecular weight excluding hydrogens is 334 g/mol. The lowest BCUT2D eigenvalue weighted by atomic mass is 10.0. The van der Waals surface area contributed by atoms with Crippen LogP contribution >= 0.6 is 11.6 Å². The Morgan fingerprint density at radius 3 is 2.52 bits per heavy atom. The highest BCUT2D eigenvalue weighted by Crippen LogP contribution is 2.33. The number of nitrogens with one attached hydrogen (secondary N) is 1. The van der Waals surface area contributed by atoms with Crippen molar-refractivity contribution < 1.29 is 0 Å². The maximum atomic E-state index is 6.34. The topological polar surface area (TPSA) is 89.8 Å². The van der Waals surface area contributed by atoms with Gasteiger partial charge in [0, 0.05) is 12.1 Å². The van der Waals surface area contributed by atoms with Gasteiger partial charge in [-0.3, -0.25) is 0 Å². The van der Waals surface area contributed by atoms with Gasteiger partial charge in [-0.05, 0) is 29.7 Å². The number of halogens is 1. The van der Waals surface area contributed by atoms with Crippen molar-refractivity contribution >= 4 is 29.1 Å². The summed E-state index contributed by atoms with van der Waals surface area (Å²) in [6, 6.07) is 15.9. The first-order valence-electron chi connectivity index (χ1n) is 8.08. The third kappa shape index (κ3) is 3.83. The zero-order valence-electron chi connectivity index (χ0n) is 14.0. The second-order valence-electron chi connectivity index (χ2n) is 5.68. The molecule has 0 bridgehead atoms. The molecule has 25 heavy (non-hydrogen) atoms. The Labute approximate surface area is 152 Å². The summed E-state index contributed by atoms with van der Waals surface area (Å²) in [7, 11) is 0. The summed E-state index contributed by atoms with van der Waals surface area (Å²) in [5, 5.41) is 4.02. The fraction of sp³-hybridized carbons (Fsp3) is 0.158. The molecular formula is C19H20ClN5. The Hall–Kier alpha value is -2.79. The summed E-state index contributed by atoms with van der Waals surface area (Å²) in [5.74, 6) is 0.565. The smallest absolute Gasteiger partial charge is 0.222 e. The minimum absolute atomic E-state index is 0.189. The van der Waals surface area contributed by atoms with E-state index in [2.05, 4.69) is 27.4 Å². The summed E-state index contributed by atoms with van der Waals surface area (Å²) < 4.78 is 0. The molecule has 6 heteroatoms. The van der Waals surface area contributed by atoms with E-state index in [4.69, 9.17) is 23.1 Å². The molecule has 0 spiro atoms. The number of hydrogen-bond acceptors (Lipinski definition) is 5. The number of benzene rings is 2. The van der Waals surface area contributed by atoms with E-state index in [9.17, 15) is 0 Å². The summed E-state index contributed by atoms with van der Waals surface area (Å²) in [6.45, 7) is 2.69. The van der Waals surface area contributed by atoms with Crippen LogP contribution in [0, 0.1) is 0 Å². The lowest BCUT2D eigenvalue weighted by Gasteiger charge is -2.14. The Balaban J connectivity index is 1.94. The van der Waals surface area contributed by atoms with Crippen LogP contribution in [0.15, 0.2) is 48.5 Å². The Bertz CT molecular complexity index is 880. The van der Waals surface area contributed by atoms with Gasteiger partial charge in [0.2, 0.25) is 5.95 Å². The van der Waals surface area contributed by atoms with Crippen LogP contribution in [-0.2, 0) is 13.0 Å². The molecule has 5 nitrogen and oxygen atoms in total. The van der Waals surface area contributed by atoms with Crippen LogP contribution in [0.2, 0.25) is 5.02 Å². The fourth-order valence-corrected chi connectivity index (χ4v) is 2.91. The standard InChI is InChI=1S/C19H20ClN5/c1-2-15-17(18(21)25-19(22)24-15)13-8-9-14(20)16(10-13)23-11-12-6-4-3-5-7-12/h3-10,23H,2,11H2,1H3,(H4,21,22,24,25). The van der Waals surface area contributed by atoms with E-state index < -0.39 is 0 Å². The third-order valence-electron chi connectivity index (χ3n) is 3.94. The normalized spacial score (nSPS) is 10.6. The van der Waals surface area contributed by atoms with E-state index in [1.54, 1.807) is 0 Å². The quantitative estimate of drug-likeness (QED) is 0.641. The lowest BCUT2D eigenvalue weighted by molar-refractivity contribution is 1.02. The molecule has 1 heterocycles. The van der Waals surface area contributed by atoms with Gasteiger partial charge in [-0.15, -0.1) is 0 Å². The Morgan fingerprint density at radius 1 is 1.04 bits per heavy atom. The van der Waals surface area contributed by atoms with Gasteiger partial charge < -0.3 is 16.8 Å².